The molecule has 1 rings (SSSR count). The quantitative estimate of drug-likeness (QED) is 0.830. The van der Waals surface area contributed by atoms with Gasteiger partial charge in [0, 0.05) is 23.5 Å². The molecule has 0 bridgehead atoms. The standard InChI is InChI=1S/C15H22BrNO3/c1-11(12-4-6-13(16)7-5-12)14(20)17(3)8-15(2,9-18)10-19/h4-7,11,18-19H,8-10H2,1-3H3/t11-/m0/s1. The van der Waals surface area contributed by atoms with Gasteiger partial charge in [0.2, 0.25) is 5.91 Å². The van der Waals surface area contributed by atoms with Gasteiger partial charge in [-0.25, -0.2) is 0 Å². The van der Waals surface area contributed by atoms with Gasteiger partial charge in [0.25, 0.3) is 0 Å². The molecule has 1 amide bonds. The fourth-order valence-electron chi connectivity index (χ4n) is 2.03. The summed E-state index contributed by atoms with van der Waals surface area (Å²) in [6.45, 7) is 3.61. The SMILES string of the molecule is C[C@H](C(=O)N(C)CC(C)(CO)CO)c1ccc(Br)cc1. The fraction of sp³-hybridized carbons (Fsp3) is 0.533. The lowest BCUT2D eigenvalue weighted by Gasteiger charge is -2.31. The predicted molar refractivity (Wildman–Crippen MR) is 82.5 cm³/mol. The summed E-state index contributed by atoms with van der Waals surface area (Å²) < 4.78 is 0.974. The van der Waals surface area contributed by atoms with Crippen LogP contribution < -0.4 is 0 Å². The molecule has 0 saturated heterocycles. The van der Waals surface area contributed by atoms with Crippen LogP contribution in [0.3, 0.4) is 0 Å². The van der Waals surface area contributed by atoms with Crippen molar-refractivity contribution < 1.29 is 15.0 Å². The summed E-state index contributed by atoms with van der Waals surface area (Å²) in [6, 6.07) is 7.64. The average molecular weight is 344 g/mol. The van der Waals surface area contributed by atoms with E-state index in [-0.39, 0.29) is 25.0 Å². The van der Waals surface area contributed by atoms with Gasteiger partial charge in [0.1, 0.15) is 0 Å². The van der Waals surface area contributed by atoms with Crippen molar-refractivity contribution in [1.82, 2.24) is 4.90 Å². The van der Waals surface area contributed by atoms with Gasteiger partial charge in [-0.05, 0) is 24.6 Å². The number of likely N-dealkylation sites (N-methyl/N-ethyl adjacent to an activating group) is 1. The third-order valence-electron chi connectivity index (χ3n) is 3.50. The minimum Gasteiger partial charge on any atom is -0.396 e. The molecule has 0 aliphatic heterocycles. The number of hydrogen-bond acceptors (Lipinski definition) is 3. The van der Waals surface area contributed by atoms with E-state index in [4.69, 9.17) is 0 Å². The van der Waals surface area contributed by atoms with Gasteiger partial charge in [-0.1, -0.05) is 35.0 Å². The number of hydrogen-bond donors (Lipinski definition) is 2. The van der Waals surface area contributed by atoms with Gasteiger partial charge in [-0.3, -0.25) is 4.79 Å². The highest BCUT2D eigenvalue weighted by Crippen LogP contribution is 2.22. The largest absolute Gasteiger partial charge is 0.396 e. The molecule has 0 spiro atoms. The zero-order chi connectivity index (χ0) is 15.3. The molecule has 0 unspecified atom stereocenters. The van der Waals surface area contributed by atoms with Crippen LogP contribution in [0.5, 0.6) is 0 Å². The van der Waals surface area contributed by atoms with E-state index in [1.54, 1.807) is 18.9 Å². The summed E-state index contributed by atoms with van der Waals surface area (Å²) in [7, 11) is 1.70. The number of carbonyl (C=O) groups is 1. The van der Waals surface area contributed by atoms with Gasteiger partial charge < -0.3 is 15.1 Å². The van der Waals surface area contributed by atoms with Crippen LogP contribution in [0.1, 0.15) is 25.3 Å². The molecule has 0 aromatic heterocycles. The lowest BCUT2D eigenvalue weighted by atomic mass is 9.91. The summed E-state index contributed by atoms with van der Waals surface area (Å²) in [4.78, 5) is 14.0. The molecule has 0 aliphatic carbocycles. The molecule has 0 radical (unpaired) electrons. The van der Waals surface area contributed by atoms with Crippen molar-refractivity contribution >= 4 is 21.8 Å². The number of halogens is 1. The second-order valence-electron chi connectivity index (χ2n) is 5.59. The van der Waals surface area contributed by atoms with Crippen molar-refractivity contribution in [2.24, 2.45) is 5.41 Å². The zero-order valence-electron chi connectivity index (χ0n) is 12.1. The lowest BCUT2D eigenvalue weighted by Crippen LogP contribution is -2.43. The Balaban J connectivity index is 2.76. The van der Waals surface area contributed by atoms with Crippen LogP contribution in [0.25, 0.3) is 0 Å². The third-order valence-corrected chi connectivity index (χ3v) is 4.03. The monoisotopic (exact) mass is 343 g/mol. The first-order valence-electron chi connectivity index (χ1n) is 6.55. The minimum atomic E-state index is -0.677. The van der Waals surface area contributed by atoms with E-state index in [2.05, 4.69) is 15.9 Å². The van der Waals surface area contributed by atoms with Gasteiger partial charge >= 0.3 is 0 Å². The Morgan fingerprint density at radius 3 is 2.25 bits per heavy atom. The van der Waals surface area contributed by atoms with Crippen molar-refractivity contribution in [1.29, 1.82) is 0 Å². The number of rotatable bonds is 6. The van der Waals surface area contributed by atoms with Crippen LogP contribution in [0.15, 0.2) is 28.7 Å². The number of amides is 1. The second-order valence-corrected chi connectivity index (χ2v) is 6.51. The smallest absolute Gasteiger partial charge is 0.229 e. The van der Waals surface area contributed by atoms with Gasteiger partial charge in [-0.2, -0.15) is 0 Å². The predicted octanol–water partition coefficient (Wildman–Crippen LogP) is 2.00. The molecule has 1 aromatic rings. The highest BCUT2D eigenvalue weighted by Gasteiger charge is 2.28. The topological polar surface area (TPSA) is 60.8 Å². The number of carbonyl (C=O) groups excluding carboxylic acids is 1. The molecule has 0 heterocycles. The number of aliphatic hydroxyl groups is 2. The van der Waals surface area contributed by atoms with Crippen LogP contribution in [0, 0.1) is 5.41 Å². The Labute approximate surface area is 128 Å². The molecule has 20 heavy (non-hydrogen) atoms. The first kappa shape index (κ1) is 17.1. The molecule has 4 nitrogen and oxygen atoms in total. The molecule has 0 saturated carbocycles. The summed E-state index contributed by atoms with van der Waals surface area (Å²) in [5.41, 5.74) is 0.267. The van der Waals surface area contributed by atoms with Crippen molar-refractivity contribution in [2.75, 3.05) is 26.8 Å². The van der Waals surface area contributed by atoms with Crippen LogP contribution in [0.2, 0.25) is 0 Å². The highest BCUT2D eigenvalue weighted by molar-refractivity contribution is 9.10. The van der Waals surface area contributed by atoms with E-state index in [1.165, 1.54) is 0 Å². The minimum absolute atomic E-state index is 0.0274. The van der Waals surface area contributed by atoms with Gasteiger partial charge in [0.05, 0.1) is 19.1 Å². The molecule has 5 heteroatoms. The molecular formula is C15H22BrNO3. The summed E-state index contributed by atoms with van der Waals surface area (Å²) in [5.74, 6) is -0.282. The normalized spacial score (nSPS) is 13.1. The Kier molecular flexibility index (Phi) is 6.17. The molecule has 0 aliphatic rings. The molecule has 2 N–H and O–H groups in total. The summed E-state index contributed by atoms with van der Waals surface area (Å²) in [6.07, 6.45) is 0. The van der Waals surface area contributed by atoms with Crippen molar-refractivity contribution in [3.63, 3.8) is 0 Å². The van der Waals surface area contributed by atoms with Crippen LogP contribution in [-0.4, -0.2) is 47.8 Å². The molecular weight excluding hydrogens is 322 g/mol. The van der Waals surface area contributed by atoms with Crippen LogP contribution in [0.4, 0.5) is 0 Å². The Morgan fingerprint density at radius 2 is 1.80 bits per heavy atom. The maximum atomic E-state index is 12.4. The second kappa shape index (κ2) is 7.20. The van der Waals surface area contributed by atoms with E-state index in [1.807, 2.05) is 31.2 Å². The zero-order valence-corrected chi connectivity index (χ0v) is 13.7. The lowest BCUT2D eigenvalue weighted by molar-refractivity contribution is -0.133. The van der Waals surface area contributed by atoms with Gasteiger partial charge in [0.15, 0.2) is 0 Å². The Hall–Kier alpha value is -0.910. The maximum absolute atomic E-state index is 12.4. The van der Waals surface area contributed by atoms with Crippen molar-refractivity contribution in [3.05, 3.63) is 34.3 Å². The summed E-state index contributed by atoms with van der Waals surface area (Å²) in [5, 5.41) is 18.6. The van der Waals surface area contributed by atoms with E-state index in [0.29, 0.717) is 6.54 Å². The number of nitrogens with zero attached hydrogens (tertiary/aromatic N) is 1. The van der Waals surface area contributed by atoms with Crippen molar-refractivity contribution in [2.45, 2.75) is 19.8 Å². The summed E-state index contributed by atoms with van der Waals surface area (Å²) >= 11 is 3.37. The van der Waals surface area contributed by atoms with Crippen molar-refractivity contribution in [3.8, 4) is 0 Å². The van der Waals surface area contributed by atoms with E-state index < -0.39 is 5.41 Å². The molecule has 0 fully saturated rings. The third kappa shape index (κ3) is 4.30. The van der Waals surface area contributed by atoms with E-state index in [9.17, 15) is 15.0 Å². The number of aliphatic hydroxyl groups excluding tert-OH is 2. The first-order valence-corrected chi connectivity index (χ1v) is 7.34. The van der Waals surface area contributed by atoms with Gasteiger partial charge in [-0.15, -0.1) is 0 Å². The van der Waals surface area contributed by atoms with Crippen LogP contribution >= 0.6 is 15.9 Å². The molecule has 112 valence electrons. The van der Waals surface area contributed by atoms with E-state index in [0.717, 1.165) is 10.0 Å². The Morgan fingerprint density at radius 1 is 1.30 bits per heavy atom. The maximum Gasteiger partial charge on any atom is 0.229 e. The van der Waals surface area contributed by atoms with E-state index >= 15 is 0 Å². The fourth-order valence-corrected chi connectivity index (χ4v) is 2.29. The molecule has 1 aromatic carbocycles. The average Bonchev–Trinajstić information content (AvgIpc) is 2.46. The highest BCUT2D eigenvalue weighted by atomic mass is 79.9. The first-order chi connectivity index (χ1) is 9.33. The number of benzene rings is 1. The Bertz CT molecular complexity index is 443. The molecule has 1 atom stereocenters. The van der Waals surface area contributed by atoms with Crippen LogP contribution in [-0.2, 0) is 4.79 Å².